The van der Waals surface area contributed by atoms with Crippen molar-refractivity contribution >= 4 is 35.2 Å². The molecule has 2 aromatic carbocycles. The summed E-state index contributed by atoms with van der Waals surface area (Å²) in [7, 11) is 1.49. The van der Waals surface area contributed by atoms with E-state index < -0.39 is 18.5 Å². The van der Waals surface area contributed by atoms with Gasteiger partial charge in [-0.25, -0.2) is 4.79 Å². The average Bonchev–Trinajstić information content (AvgIpc) is 2.68. The molecule has 2 rings (SSSR count). The molecule has 0 fully saturated rings. The van der Waals surface area contributed by atoms with E-state index in [1.165, 1.54) is 23.7 Å². The Labute approximate surface area is 169 Å². The summed E-state index contributed by atoms with van der Waals surface area (Å²) < 4.78 is 5.11. The first kappa shape index (κ1) is 21.5. The molecule has 0 aliphatic heterocycles. The maximum atomic E-state index is 12.2. The lowest BCUT2D eigenvalue weighted by atomic mass is 10.1. The highest BCUT2D eigenvalue weighted by molar-refractivity contribution is 7.98. The van der Waals surface area contributed by atoms with Crippen molar-refractivity contribution < 1.29 is 19.1 Å². The Kier molecular flexibility index (Phi) is 7.63. The Balaban J connectivity index is 1.87. The number of ether oxygens (including phenoxy) is 1. The van der Waals surface area contributed by atoms with Crippen molar-refractivity contribution in [2.45, 2.75) is 18.7 Å². The van der Waals surface area contributed by atoms with Crippen LogP contribution in [0, 0.1) is 13.8 Å². The summed E-state index contributed by atoms with van der Waals surface area (Å²) in [5, 5.41) is 2.80. The van der Waals surface area contributed by atoms with Gasteiger partial charge in [0.1, 0.15) is 0 Å². The van der Waals surface area contributed by atoms with Crippen LogP contribution in [0.2, 0.25) is 0 Å². The first-order chi connectivity index (χ1) is 13.3. The van der Waals surface area contributed by atoms with Gasteiger partial charge in [0, 0.05) is 17.6 Å². The van der Waals surface area contributed by atoms with Gasteiger partial charge in [-0.3, -0.25) is 9.59 Å². The molecule has 0 aliphatic carbocycles. The average molecular weight is 401 g/mol. The third kappa shape index (κ3) is 5.85. The van der Waals surface area contributed by atoms with Crippen LogP contribution in [0.5, 0.6) is 0 Å². The Hall–Kier alpha value is -2.80. The number of nitrogens with zero attached hydrogens (tertiary/aromatic N) is 1. The van der Waals surface area contributed by atoms with Crippen molar-refractivity contribution in [2.24, 2.45) is 0 Å². The molecule has 0 spiro atoms. The minimum atomic E-state index is -0.563. The molecule has 7 heteroatoms. The molecular formula is C21H24N2O4S. The second kappa shape index (κ2) is 9.94. The summed E-state index contributed by atoms with van der Waals surface area (Å²) in [6.07, 6.45) is 1.86. The van der Waals surface area contributed by atoms with Gasteiger partial charge in [-0.2, -0.15) is 0 Å². The summed E-state index contributed by atoms with van der Waals surface area (Å²) in [5.41, 5.74) is 3.10. The van der Waals surface area contributed by atoms with E-state index in [0.29, 0.717) is 11.3 Å². The fourth-order valence-corrected chi connectivity index (χ4v) is 3.08. The first-order valence-electron chi connectivity index (χ1n) is 8.73. The van der Waals surface area contributed by atoms with Gasteiger partial charge in [0.15, 0.2) is 6.61 Å². The highest BCUT2D eigenvalue weighted by atomic mass is 32.2. The zero-order chi connectivity index (χ0) is 20.7. The zero-order valence-electron chi connectivity index (χ0n) is 16.4. The number of likely N-dealkylation sites (N-methyl/N-ethyl adjacent to an activating group) is 1. The molecule has 0 unspecified atom stereocenters. The van der Waals surface area contributed by atoms with Crippen molar-refractivity contribution in [3.8, 4) is 0 Å². The molecule has 0 atom stereocenters. The first-order valence-corrected chi connectivity index (χ1v) is 9.95. The van der Waals surface area contributed by atoms with E-state index in [-0.39, 0.29) is 12.5 Å². The molecule has 0 radical (unpaired) electrons. The summed E-state index contributed by atoms with van der Waals surface area (Å²) in [5.74, 6) is -1.33. The van der Waals surface area contributed by atoms with Crippen molar-refractivity contribution in [1.29, 1.82) is 0 Å². The fourth-order valence-electron chi connectivity index (χ4n) is 2.49. The number of thioether (sulfide) groups is 1. The van der Waals surface area contributed by atoms with Crippen LogP contribution in [-0.2, 0) is 14.3 Å². The lowest BCUT2D eigenvalue weighted by Crippen LogP contribution is -2.37. The molecule has 28 heavy (non-hydrogen) atoms. The molecular weight excluding hydrogens is 376 g/mol. The maximum absolute atomic E-state index is 12.2. The highest BCUT2D eigenvalue weighted by Crippen LogP contribution is 2.20. The number of hydrogen-bond acceptors (Lipinski definition) is 5. The number of amides is 2. The summed E-state index contributed by atoms with van der Waals surface area (Å²) in [6.45, 7) is 3.28. The molecule has 1 N–H and O–H groups in total. The van der Waals surface area contributed by atoms with Crippen LogP contribution in [0.1, 0.15) is 21.5 Å². The van der Waals surface area contributed by atoms with Crippen LogP contribution in [0.3, 0.4) is 0 Å². The number of carbonyl (C=O) groups excluding carboxylic acids is 3. The third-order valence-electron chi connectivity index (χ3n) is 4.13. The van der Waals surface area contributed by atoms with Gasteiger partial charge in [0.25, 0.3) is 5.91 Å². The Morgan fingerprint density at radius 3 is 2.54 bits per heavy atom. The van der Waals surface area contributed by atoms with Gasteiger partial charge in [-0.05, 0) is 49.4 Å². The Morgan fingerprint density at radius 2 is 1.82 bits per heavy atom. The number of aryl methyl sites for hydroxylation is 2. The van der Waals surface area contributed by atoms with Crippen LogP contribution in [-0.4, -0.2) is 49.1 Å². The van der Waals surface area contributed by atoms with Gasteiger partial charge < -0.3 is 15.0 Å². The lowest BCUT2D eigenvalue weighted by molar-refractivity contribution is -0.136. The standard InChI is InChI=1S/C21H24N2O4S/c1-14-9-10-15(2)17(11-14)22-19(24)12-23(3)20(25)13-27-21(26)16-7-5-6-8-18(16)28-4/h5-11H,12-13H2,1-4H3,(H,22,24). The minimum Gasteiger partial charge on any atom is -0.452 e. The number of anilines is 1. The number of rotatable bonds is 7. The van der Waals surface area contributed by atoms with E-state index in [2.05, 4.69) is 5.32 Å². The van der Waals surface area contributed by atoms with E-state index in [1.54, 1.807) is 12.1 Å². The fraction of sp³-hybridized carbons (Fsp3) is 0.286. The number of hydrogen-bond donors (Lipinski definition) is 1. The number of benzene rings is 2. The van der Waals surface area contributed by atoms with Gasteiger partial charge in [0.2, 0.25) is 5.91 Å². The second-order valence-electron chi connectivity index (χ2n) is 6.39. The summed E-state index contributed by atoms with van der Waals surface area (Å²) in [4.78, 5) is 38.6. The minimum absolute atomic E-state index is 0.134. The van der Waals surface area contributed by atoms with Crippen LogP contribution in [0.15, 0.2) is 47.4 Å². The van der Waals surface area contributed by atoms with Gasteiger partial charge in [0.05, 0.1) is 12.1 Å². The van der Waals surface area contributed by atoms with Crippen molar-refractivity contribution in [3.05, 3.63) is 59.2 Å². The molecule has 0 heterocycles. The van der Waals surface area contributed by atoms with Crippen molar-refractivity contribution in [3.63, 3.8) is 0 Å². The van der Waals surface area contributed by atoms with E-state index >= 15 is 0 Å². The molecule has 2 amide bonds. The largest absolute Gasteiger partial charge is 0.452 e. The summed E-state index contributed by atoms with van der Waals surface area (Å²) >= 11 is 1.43. The van der Waals surface area contributed by atoms with Crippen LogP contribution in [0.25, 0.3) is 0 Å². The molecule has 2 aromatic rings. The smallest absolute Gasteiger partial charge is 0.339 e. The molecule has 6 nitrogen and oxygen atoms in total. The SMILES string of the molecule is CSc1ccccc1C(=O)OCC(=O)N(C)CC(=O)Nc1cc(C)ccc1C. The van der Waals surface area contributed by atoms with Crippen LogP contribution < -0.4 is 5.32 Å². The monoisotopic (exact) mass is 400 g/mol. The predicted molar refractivity (Wildman–Crippen MR) is 111 cm³/mol. The molecule has 0 saturated carbocycles. The van der Waals surface area contributed by atoms with Crippen LogP contribution in [0.4, 0.5) is 5.69 Å². The molecule has 0 aromatic heterocycles. The normalized spacial score (nSPS) is 10.3. The molecule has 0 aliphatic rings. The Morgan fingerprint density at radius 1 is 1.11 bits per heavy atom. The van der Waals surface area contributed by atoms with E-state index in [9.17, 15) is 14.4 Å². The van der Waals surface area contributed by atoms with Gasteiger partial charge in [-0.15, -0.1) is 11.8 Å². The quantitative estimate of drug-likeness (QED) is 0.570. The van der Waals surface area contributed by atoms with Crippen LogP contribution >= 0.6 is 11.8 Å². The van der Waals surface area contributed by atoms with E-state index in [1.807, 2.05) is 50.4 Å². The third-order valence-corrected chi connectivity index (χ3v) is 4.92. The molecule has 0 bridgehead atoms. The van der Waals surface area contributed by atoms with Gasteiger partial charge >= 0.3 is 5.97 Å². The maximum Gasteiger partial charge on any atom is 0.339 e. The van der Waals surface area contributed by atoms with Crippen molar-refractivity contribution in [2.75, 3.05) is 31.8 Å². The van der Waals surface area contributed by atoms with Crippen molar-refractivity contribution in [1.82, 2.24) is 4.90 Å². The number of carbonyl (C=O) groups is 3. The number of esters is 1. The number of nitrogens with one attached hydrogen (secondary N) is 1. The summed E-state index contributed by atoms with van der Waals surface area (Å²) in [6, 6.07) is 12.8. The highest BCUT2D eigenvalue weighted by Gasteiger charge is 2.18. The Bertz CT molecular complexity index is 882. The second-order valence-corrected chi connectivity index (χ2v) is 7.24. The predicted octanol–water partition coefficient (Wildman–Crippen LogP) is 3.28. The van der Waals surface area contributed by atoms with Gasteiger partial charge in [-0.1, -0.05) is 24.3 Å². The van der Waals surface area contributed by atoms with E-state index in [0.717, 1.165) is 16.0 Å². The van der Waals surface area contributed by atoms with E-state index in [4.69, 9.17) is 4.74 Å². The lowest BCUT2D eigenvalue weighted by Gasteiger charge is -2.17. The topological polar surface area (TPSA) is 75.7 Å². The zero-order valence-corrected chi connectivity index (χ0v) is 17.3. The molecule has 148 valence electrons. The molecule has 0 saturated heterocycles.